The predicted octanol–water partition coefficient (Wildman–Crippen LogP) is 2.24. The van der Waals surface area contributed by atoms with E-state index in [1.165, 1.54) is 7.11 Å². The van der Waals surface area contributed by atoms with Crippen molar-refractivity contribution in [2.75, 3.05) is 12.4 Å². The lowest BCUT2D eigenvalue weighted by molar-refractivity contribution is -0.145. The van der Waals surface area contributed by atoms with Gasteiger partial charge in [-0.15, -0.1) is 0 Å². The molecule has 0 aliphatic carbocycles. The van der Waals surface area contributed by atoms with Crippen molar-refractivity contribution in [1.29, 1.82) is 0 Å². The molecule has 15 heavy (non-hydrogen) atoms. The van der Waals surface area contributed by atoms with Crippen LogP contribution in [0.15, 0.2) is 18.2 Å². The second-order valence-electron chi connectivity index (χ2n) is 3.93. The van der Waals surface area contributed by atoms with Gasteiger partial charge in [-0.2, -0.15) is 0 Å². The van der Waals surface area contributed by atoms with Crippen molar-refractivity contribution in [2.45, 2.75) is 18.9 Å². The molecule has 1 atom stereocenters. The zero-order valence-electron chi connectivity index (χ0n) is 8.63. The van der Waals surface area contributed by atoms with Crippen LogP contribution >= 0.6 is 11.6 Å². The van der Waals surface area contributed by atoms with Crippen molar-refractivity contribution in [3.63, 3.8) is 0 Å². The third kappa shape index (κ3) is 1.67. The number of esters is 1. The molecule has 80 valence electrons. The first-order valence-corrected chi connectivity index (χ1v) is 5.08. The Morgan fingerprint density at radius 1 is 1.60 bits per heavy atom. The summed E-state index contributed by atoms with van der Waals surface area (Å²) in [6.07, 6.45) is 0.607. The molecule has 0 aromatic heterocycles. The van der Waals surface area contributed by atoms with E-state index in [0.29, 0.717) is 11.4 Å². The summed E-state index contributed by atoms with van der Waals surface area (Å²) in [6.45, 7) is 1.83. The van der Waals surface area contributed by atoms with Gasteiger partial charge in [0.1, 0.15) is 5.54 Å². The fourth-order valence-electron chi connectivity index (χ4n) is 1.90. The highest BCUT2D eigenvalue weighted by Crippen LogP contribution is 2.34. The third-order valence-electron chi connectivity index (χ3n) is 2.66. The number of ether oxygens (including phenoxy) is 1. The fraction of sp³-hybridized carbons (Fsp3) is 0.364. The van der Waals surface area contributed by atoms with Crippen LogP contribution < -0.4 is 5.32 Å². The van der Waals surface area contributed by atoms with Crippen molar-refractivity contribution in [3.05, 3.63) is 28.8 Å². The Labute approximate surface area is 93.4 Å². The lowest BCUT2D eigenvalue weighted by atomic mass is 9.98. The molecule has 3 nitrogen and oxygen atoms in total. The topological polar surface area (TPSA) is 38.3 Å². The first-order chi connectivity index (χ1) is 7.05. The van der Waals surface area contributed by atoms with Gasteiger partial charge in [-0.05, 0) is 30.7 Å². The van der Waals surface area contributed by atoms with Crippen LogP contribution in [-0.2, 0) is 16.0 Å². The third-order valence-corrected chi connectivity index (χ3v) is 2.89. The number of hydrogen-bond donors (Lipinski definition) is 1. The number of fused-ring (bicyclic) bond motifs is 1. The summed E-state index contributed by atoms with van der Waals surface area (Å²) >= 11 is 5.89. The summed E-state index contributed by atoms with van der Waals surface area (Å²) in [5.41, 5.74) is 1.34. The standard InChI is InChI=1S/C11H12ClNO2/c1-11(10(14)15-2)6-7-5-8(12)3-4-9(7)13-11/h3-5,13H,6H2,1-2H3. The minimum absolute atomic E-state index is 0.255. The summed E-state index contributed by atoms with van der Waals surface area (Å²) in [5.74, 6) is -0.255. The number of nitrogens with one attached hydrogen (secondary N) is 1. The van der Waals surface area contributed by atoms with Crippen LogP contribution in [0.5, 0.6) is 0 Å². The van der Waals surface area contributed by atoms with E-state index in [1.807, 2.05) is 19.1 Å². The van der Waals surface area contributed by atoms with E-state index in [9.17, 15) is 4.79 Å². The Balaban J connectivity index is 2.32. The highest BCUT2D eigenvalue weighted by molar-refractivity contribution is 6.30. The molecule has 1 heterocycles. The van der Waals surface area contributed by atoms with Crippen LogP contribution in [-0.4, -0.2) is 18.6 Å². The van der Waals surface area contributed by atoms with Crippen LogP contribution in [0.2, 0.25) is 5.02 Å². The molecule has 0 saturated carbocycles. The van der Waals surface area contributed by atoms with Gasteiger partial charge in [0.25, 0.3) is 0 Å². The van der Waals surface area contributed by atoms with Crippen molar-refractivity contribution in [3.8, 4) is 0 Å². The van der Waals surface area contributed by atoms with Gasteiger partial charge in [0, 0.05) is 17.1 Å². The van der Waals surface area contributed by atoms with Gasteiger partial charge in [0.05, 0.1) is 7.11 Å². The van der Waals surface area contributed by atoms with E-state index in [-0.39, 0.29) is 5.97 Å². The quantitative estimate of drug-likeness (QED) is 0.745. The van der Waals surface area contributed by atoms with Crippen molar-refractivity contribution in [2.24, 2.45) is 0 Å². The Morgan fingerprint density at radius 2 is 2.33 bits per heavy atom. The van der Waals surface area contributed by atoms with Gasteiger partial charge in [0.15, 0.2) is 0 Å². The molecule has 2 rings (SSSR count). The molecule has 1 aromatic rings. The molecule has 0 saturated heterocycles. The average Bonchev–Trinajstić information content (AvgIpc) is 2.53. The largest absolute Gasteiger partial charge is 0.467 e. The second-order valence-corrected chi connectivity index (χ2v) is 4.36. The normalized spacial score (nSPS) is 23.1. The lowest BCUT2D eigenvalue weighted by Crippen LogP contribution is -2.42. The number of methoxy groups -OCH3 is 1. The fourth-order valence-corrected chi connectivity index (χ4v) is 2.10. The van der Waals surface area contributed by atoms with Gasteiger partial charge in [-0.25, -0.2) is 4.79 Å². The van der Waals surface area contributed by atoms with Gasteiger partial charge in [0.2, 0.25) is 0 Å². The number of anilines is 1. The Kier molecular flexibility index (Phi) is 2.35. The monoisotopic (exact) mass is 225 g/mol. The van der Waals surface area contributed by atoms with Crippen molar-refractivity contribution in [1.82, 2.24) is 0 Å². The smallest absolute Gasteiger partial charge is 0.331 e. The van der Waals surface area contributed by atoms with Gasteiger partial charge in [-0.1, -0.05) is 11.6 Å². The maximum Gasteiger partial charge on any atom is 0.331 e. The van der Waals surface area contributed by atoms with Crippen LogP contribution in [0.25, 0.3) is 0 Å². The zero-order valence-corrected chi connectivity index (χ0v) is 9.39. The molecule has 1 aliphatic rings. The van der Waals surface area contributed by atoms with Crippen LogP contribution in [0.4, 0.5) is 5.69 Å². The predicted molar refractivity (Wildman–Crippen MR) is 59.2 cm³/mol. The van der Waals surface area contributed by atoms with Crippen molar-refractivity contribution < 1.29 is 9.53 Å². The molecule has 0 bridgehead atoms. The van der Waals surface area contributed by atoms with Gasteiger partial charge in [-0.3, -0.25) is 0 Å². The van der Waals surface area contributed by atoms with E-state index >= 15 is 0 Å². The molecule has 1 N–H and O–H groups in total. The molecular weight excluding hydrogens is 214 g/mol. The summed E-state index contributed by atoms with van der Waals surface area (Å²) < 4.78 is 4.76. The molecule has 0 radical (unpaired) electrons. The molecule has 0 fully saturated rings. The molecule has 0 amide bonds. The van der Waals surface area contributed by atoms with Crippen LogP contribution in [0.1, 0.15) is 12.5 Å². The number of benzene rings is 1. The van der Waals surface area contributed by atoms with E-state index < -0.39 is 5.54 Å². The Bertz CT molecular complexity index is 419. The molecule has 1 unspecified atom stereocenters. The lowest BCUT2D eigenvalue weighted by Gasteiger charge is -2.21. The molecule has 1 aromatic carbocycles. The number of rotatable bonds is 1. The van der Waals surface area contributed by atoms with Gasteiger partial charge < -0.3 is 10.1 Å². The molecule has 1 aliphatic heterocycles. The minimum atomic E-state index is -0.665. The molecular formula is C11H12ClNO2. The number of halogens is 1. The Hall–Kier alpha value is -1.22. The molecule has 0 spiro atoms. The van der Waals surface area contributed by atoms with E-state index in [0.717, 1.165) is 11.3 Å². The van der Waals surface area contributed by atoms with Gasteiger partial charge >= 0.3 is 5.97 Å². The number of hydrogen-bond acceptors (Lipinski definition) is 3. The maximum atomic E-state index is 11.6. The maximum absolute atomic E-state index is 11.6. The zero-order chi connectivity index (χ0) is 11.1. The minimum Gasteiger partial charge on any atom is -0.467 e. The highest BCUT2D eigenvalue weighted by atomic mass is 35.5. The summed E-state index contributed by atoms with van der Waals surface area (Å²) in [4.78, 5) is 11.6. The Morgan fingerprint density at radius 3 is 3.00 bits per heavy atom. The van der Waals surface area contributed by atoms with E-state index in [4.69, 9.17) is 16.3 Å². The SMILES string of the molecule is COC(=O)C1(C)Cc2cc(Cl)ccc2N1. The van der Waals surface area contributed by atoms with E-state index in [1.54, 1.807) is 6.07 Å². The average molecular weight is 226 g/mol. The number of carbonyl (C=O) groups is 1. The van der Waals surface area contributed by atoms with E-state index in [2.05, 4.69) is 5.32 Å². The number of carbonyl (C=O) groups excluding carboxylic acids is 1. The summed E-state index contributed by atoms with van der Waals surface area (Å²) in [7, 11) is 1.39. The highest BCUT2D eigenvalue weighted by Gasteiger charge is 2.40. The first-order valence-electron chi connectivity index (χ1n) is 4.70. The van der Waals surface area contributed by atoms with Crippen molar-refractivity contribution >= 4 is 23.3 Å². The van der Waals surface area contributed by atoms with Crippen LogP contribution in [0.3, 0.4) is 0 Å². The molecule has 4 heteroatoms. The first kappa shape index (κ1) is 10.3. The second kappa shape index (κ2) is 3.42. The van der Waals surface area contributed by atoms with Crippen LogP contribution in [0, 0.1) is 0 Å². The summed E-state index contributed by atoms with van der Waals surface area (Å²) in [6, 6.07) is 5.56. The summed E-state index contributed by atoms with van der Waals surface area (Å²) in [5, 5.41) is 3.84.